The Balaban J connectivity index is 2.74. The van der Waals surface area contributed by atoms with E-state index in [-0.39, 0.29) is 5.60 Å². The minimum Gasteiger partial charge on any atom is -0.375 e. The van der Waals surface area contributed by atoms with Crippen molar-refractivity contribution in [1.82, 2.24) is 0 Å². The van der Waals surface area contributed by atoms with Gasteiger partial charge >= 0.3 is 0 Å². The van der Waals surface area contributed by atoms with Gasteiger partial charge < -0.3 is 9.47 Å². The molecule has 0 bridgehead atoms. The molecule has 1 unspecified atom stereocenters. The third kappa shape index (κ3) is 1.77. The summed E-state index contributed by atoms with van der Waals surface area (Å²) in [7, 11) is 1.59. The standard InChI is InChI=1S/C9H15NO2/c1-8(2)6-9(7-10,11-3)4-5-12-8/h4-6H2,1-3H3. The highest BCUT2D eigenvalue weighted by Gasteiger charge is 2.41. The van der Waals surface area contributed by atoms with Crippen LogP contribution in [0.3, 0.4) is 0 Å². The van der Waals surface area contributed by atoms with E-state index in [2.05, 4.69) is 6.07 Å². The summed E-state index contributed by atoms with van der Waals surface area (Å²) < 4.78 is 10.7. The van der Waals surface area contributed by atoms with E-state index >= 15 is 0 Å². The topological polar surface area (TPSA) is 42.2 Å². The Kier molecular flexibility index (Phi) is 2.41. The summed E-state index contributed by atoms with van der Waals surface area (Å²) in [6.07, 6.45) is 1.32. The molecular weight excluding hydrogens is 154 g/mol. The number of ether oxygens (including phenoxy) is 2. The van der Waals surface area contributed by atoms with Gasteiger partial charge in [0.25, 0.3) is 0 Å². The van der Waals surface area contributed by atoms with Gasteiger partial charge in [0.2, 0.25) is 0 Å². The van der Waals surface area contributed by atoms with Gasteiger partial charge in [-0.3, -0.25) is 0 Å². The molecule has 1 heterocycles. The molecule has 0 amide bonds. The first-order valence-electron chi connectivity index (χ1n) is 4.14. The lowest BCUT2D eigenvalue weighted by Crippen LogP contribution is -2.46. The van der Waals surface area contributed by atoms with Crippen LogP contribution in [-0.4, -0.2) is 24.9 Å². The van der Waals surface area contributed by atoms with Gasteiger partial charge in [-0.05, 0) is 13.8 Å². The van der Waals surface area contributed by atoms with E-state index in [9.17, 15) is 0 Å². The summed E-state index contributed by atoms with van der Waals surface area (Å²) in [6, 6.07) is 2.22. The molecule has 0 aromatic rings. The van der Waals surface area contributed by atoms with E-state index in [0.29, 0.717) is 19.4 Å². The fourth-order valence-electron chi connectivity index (χ4n) is 1.63. The van der Waals surface area contributed by atoms with Crippen molar-refractivity contribution < 1.29 is 9.47 Å². The summed E-state index contributed by atoms with van der Waals surface area (Å²) in [6.45, 7) is 4.57. The van der Waals surface area contributed by atoms with Crippen molar-refractivity contribution in [2.75, 3.05) is 13.7 Å². The van der Waals surface area contributed by atoms with Crippen molar-refractivity contribution in [3.05, 3.63) is 0 Å². The van der Waals surface area contributed by atoms with Crippen molar-refractivity contribution in [2.24, 2.45) is 0 Å². The molecule has 0 aromatic carbocycles. The van der Waals surface area contributed by atoms with Crippen LogP contribution in [0.5, 0.6) is 0 Å². The number of hydrogen-bond acceptors (Lipinski definition) is 3. The Morgan fingerprint density at radius 1 is 1.50 bits per heavy atom. The minimum absolute atomic E-state index is 0.232. The van der Waals surface area contributed by atoms with Crippen LogP contribution in [-0.2, 0) is 9.47 Å². The molecule has 0 spiro atoms. The number of methoxy groups -OCH3 is 1. The Bertz CT molecular complexity index is 207. The average molecular weight is 169 g/mol. The molecule has 1 aliphatic rings. The van der Waals surface area contributed by atoms with Crippen LogP contribution >= 0.6 is 0 Å². The molecule has 0 N–H and O–H groups in total. The summed E-state index contributed by atoms with van der Waals surface area (Å²) >= 11 is 0. The van der Waals surface area contributed by atoms with Crippen LogP contribution in [0.15, 0.2) is 0 Å². The van der Waals surface area contributed by atoms with Crippen molar-refractivity contribution in [3.8, 4) is 6.07 Å². The molecule has 1 atom stereocenters. The van der Waals surface area contributed by atoms with Crippen LogP contribution in [0.1, 0.15) is 26.7 Å². The molecule has 12 heavy (non-hydrogen) atoms. The van der Waals surface area contributed by atoms with Crippen LogP contribution in [0.4, 0.5) is 0 Å². The third-order valence-corrected chi connectivity index (χ3v) is 2.30. The Labute approximate surface area is 73.3 Å². The van der Waals surface area contributed by atoms with Gasteiger partial charge in [-0.25, -0.2) is 0 Å². The fraction of sp³-hybridized carbons (Fsp3) is 0.889. The lowest BCUT2D eigenvalue weighted by Gasteiger charge is -2.39. The zero-order valence-electron chi connectivity index (χ0n) is 7.89. The predicted octanol–water partition coefficient (Wildman–Crippen LogP) is 1.48. The summed E-state index contributed by atoms with van der Waals surface area (Å²) in [5.41, 5.74) is -0.855. The summed E-state index contributed by atoms with van der Waals surface area (Å²) in [5, 5.41) is 8.94. The fourth-order valence-corrected chi connectivity index (χ4v) is 1.63. The molecule has 1 saturated heterocycles. The molecule has 1 fully saturated rings. The zero-order valence-corrected chi connectivity index (χ0v) is 7.89. The van der Waals surface area contributed by atoms with Gasteiger partial charge in [0, 0.05) is 20.0 Å². The number of nitriles is 1. The third-order valence-electron chi connectivity index (χ3n) is 2.30. The molecule has 3 heteroatoms. The predicted molar refractivity (Wildman–Crippen MR) is 44.6 cm³/mol. The highest BCUT2D eigenvalue weighted by atomic mass is 16.5. The Morgan fingerprint density at radius 2 is 2.17 bits per heavy atom. The van der Waals surface area contributed by atoms with E-state index in [0.717, 1.165) is 0 Å². The van der Waals surface area contributed by atoms with Crippen molar-refractivity contribution in [1.29, 1.82) is 5.26 Å². The molecular formula is C9H15NO2. The van der Waals surface area contributed by atoms with Crippen LogP contribution in [0.25, 0.3) is 0 Å². The van der Waals surface area contributed by atoms with Crippen LogP contribution in [0, 0.1) is 11.3 Å². The highest BCUT2D eigenvalue weighted by molar-refractivity contribution is 5.06. The van der Waals surface area contributed by atoms with Crippen LogP contribution in [0.2, 0.25) is 0 Å². The van der Waals surface area contributed by atoms with E-state index in [4.69, 9.17) is 14.7 Å². The van der Waals surface area contributed by atoms with Crippen molar-refractivity contribution in [2.45, 2.75) is 37.9 Å². The number of rotatable bonds is 1. The van der Waals surface area contributed by atoms with Crippen LogP contribution < -0.4 is 0 Å². The lowest BCUT2D eigenvalue weighted by molar-refractivity contribution is -0.134. The van der Waals surface area contributed by atoms with Crippen molar-refractivity contribution in [3.63, 3.8) is 0 Å². The molecule has 1 aliphatic heterocycles. The normalized spacial score (nSPS) is 34.2. The van der Waals surface area contributed by atoms with Gasteiger partial charge in [0.1, 0.15) is 0 Å². The second kappa shape index (κ2) is 3.04. The van der Waals surface area contributed by atoms with Crippen molar-refractivity contribution >= 4 is 0 Å². The number of nitrogens with zero attached hydrogens (tertiary/aromatic N) is 1. The smallest absolute Gasteiger partial charge is 0.158 e. The van der Waals surface area contributed by atoms with E-state index in [1.165, 1.54) is 0 Å². The van der Waals surface area contributed by atoms with Gasteiger partial charge in [0.05, 0.1) is 18.3 Å². The second-order valence-corrected chi connectivity index (χ2v) is 3.85. The Hall–Kier alpha value is -0.590. The molecule has 68 valence electrons. The monoisotopic (exact) mass is 169 g/mol. The molecule has 3 nitrogen and oxygen atoms in total. The van der Waals surface area contributed by atoms with E-state index in [1.807, 2.05) is 13.8 Å². The maximum atomic E-state index is 8.94. The first-order chi connectivity index (χ1) is 5.54. The van der Waals surface area contributed by atoms with Gasteiger partial charge in [-0.15, -0.1) is 0 Å². The summed E-state index contributed by atoms with van der Waals surface area (Å²) in [5.74, 6) is 0. The van der Waals surface area contributed by atoms with E-state index in [1.54, 1.807) is 7.11 Å². The largest absolute Gasteiger partial charge is 0.375 e. The summed E-state index contributed by atoms with van der Waals surface area (Å²) in [4.78, 5) is 0. The van der Waals surface area contributed by atoms with Gasteiger partial charge in [-0.1, -0.05) is 0 Å². The zero-order chi connectivity index (χ0) is 9.24. The molecule has 0 saturated carbocycles. The average Bonchev–Trinajstić information content (AvgIpc) is 2.02. The maximum absolute atomic E-state index is 8.94. The quantitative estimate of drug-likeness (QED) is 0.597. The first kappa shape index (κ1) is 9.50. The van der Waals surface area contributed by atoms with E-state index < -0.39 is 5.60 Å². The molecule has 1 rings (SSSR count). The van der Waals surface area contributed by atoms with Gasteiger partial charge in [0.15, 0.2) is 5.60 Å². The Morgan fingerprint density at radius 3 is 2.50 bits per heavy atom. The highest BCUT2D eigenvalue weighted by Crippen LogP contribution is 2.33. The molecule has 0 aromatic heterocycles. The second-order valence-electron chi connectivity index (χ2n) is 3.85. The molecule has 0 radical (unpaired) electrons. The minimum atomic E-state index is -0.623. The SMILES string of the molecule is COC1(C#N)CCOC(C)(C)C1. The molecule has 0 aliphatic carbocycles. The lowest BCUT2D eigenvalue weighted by atomic mass is 9.85. The maximum Gasteiger partial charge on any atom is 0.158 e. The first-order valence-corrected chi connectivity index (χ1v) is 4.14. The van der Waals surface area contributed by atoms with Gasteiger partial charge in [-0.2, -0.15) is 5.26 Å². The number of hydrogen-bond donors (Lipinski definition) is 0.